The minimum absolute atomic E-state index is 0.844. The molecule has 1 aromatic rings. The van der Waals surface area contributed by atoms with E-state index in [0.717, 1.165) is 10.8 Å². The van der Waals surface area contributed by atoms with Crippen molar-refractivity contribution >= 4 is 10.9 Å². The third-order valence-electron chi connectivity index (χ3n) is 1.74. The summed E-state index contributed by atoms with van der Waals surface area (Å²) in [6.07, 6.45) is 3.47. The van der Waals surface area contributed by atoms with Gasteiger partial charge in [0.15, 0.2) is 0 Å². The molecule has 3 heteroatoms. The third-order valence-corrected chi connectivity index (χ3v) is 5.79. The van der Waals surface area contributed by atoms with Crippen LogP contribution in [0.4, 0.5) is 0 Å². The summed E-state index contributed by atoms with van der Waals surface area (Å²) in [7, 11) is 0. The van der Waals surface area contributed by atoms with Crippen LogP contribution in [0.2, 0.25) is 16.7 Å². The maximum absolute atomic E-state index is 7.26. The molecular formula is C11H18N2Ni. The topological polar surface area (TPSA) is 39.6 Å². The number of hydrogen-bond acceptors (Lipinski definition) is 1. The van der Waals surface area contributed by atoms with E-state index in [-0.39, 0.29) is 0 Å². The van der Waals surface area contributed by atoms with Crippen molar-refractivity contribution in [2.24, 2.45) is 0 Å². The second-order valence-electron chi connectivity index (χ2n) is 3.37. The molecule has 0 saturated heterocycles. The Balaban J connectivity index is 2.92. The van der Waals surface area contributed by atoms with Gasteiger partial charge < -0.3 is 0 Å². The van der Waals surface area contributed by atoms with Crippen LogP contribution in [0.25, 0.3) is 0 Å². The summed E-state index contributed by atoms with van der Waals surface area (Å²) in [5.74, 6) is 2.26. The Morgan fingerprint density at radius 3 is 2.86 bits per heavy atom. The fourth-order valence-electron chi connectivity index (χ4n) is 1.27. The van der Waals surface area contributed by atoms with Crippen LogP contribution in [0.1, 0.15) is 6.92 Å². The molecule has 0 amide bonds. The summed E-state index contributed by atoms with van der Waals surface area (Å²) in [5.41, 5.74) is 1.20. The molecule has 0 aliphatic carbocycles. The minimum atomic E-state index is -1.04. The van der Waals surface area contributed by atoms with Crippen molar-refractivity contribution in [1.82, 2.24) is 4.98 Å². The number of aromatic amines is 1. The fourth-order valence-corrected chi connectivity index (χ4v) is 4.50. The van der Waals surface area contributed by atoms with Crippen LogP contribution in [0.5, 0.6) is 0 Å². The average Bonchev–Trinajstić information content (AvgIpc) is 2.54. The molecule has 14 heavy (non-hydrogen) atoms. The van der Waals surface area contributed by atoms with Gasteiger partial charge in [0.1, 0.15) is 0 Å². The Hall–Kier alpha value is -0.816. The molecule has 0 aromatic carbocycles. The van der Waals surface area contributed by atoms with Crippen molar-refractivity contribution in [3.8, 4) is 0 Å². The van der Waals surface area contributed by atoms with E-state index in [1.165, 1.54) is 16.5 Å². The Morgan fingerprint density at radius 2 is 2.43 bits per heavy atom. The molecule has 2 N–H and O–H groups in total. The third kappa shape index (κ3) is 2.58. The summed E-state index contributed by atoms with van der Waals surface area (Å²) in [4.78, 5) is 3.27. The number of allylic oxidation sites excluding steroid dienone is 1. The monoisotopic (exact) mass is 236 g/mol. The van der Waals surface area contributed by atoms with Gasteiger partial charge in [0, 0.05) is 0 Å². The normalized spacial score (nSPS) is 17.0. The maximum atomic E-state index is 7.26. The summed E-state index contributed by atoms with van der Waals surface area (Å²) in [6.45, 7) is 6.02. The number of nitrogens with one attached hydrogen (secondary N) is 2. The molecule has 0 aliphatic rings. The molecule has 1 heterocycles. The molecule has 2 nitrogen and oxygen atoms in total. The van der Waals surface area contributed by atoms with Crippen LogP contribution in [-0.2, 0) is 12.4 Å². The molecule has 1 rings (SSSR count). The molecule has 0 saturated carbocycles. The molecule has 0 aliphatic heterocycles. The van der Waals surface area contributed by atoms with Gasteiger partial charge in [0.25, 0.3) is 0 Å². The van der Waals surface area contributed by atoms with Gasteiger partial charge in [-0.05, 0) is 0 Å². The van der Waals surface area contributed by atoms with Gasteiger partial charge in [0.05, 0.1) is 0 Å². The van der Waals surface area contributed by atoms with E-state index in [4.69, 9.17) is 5.41 Å². The van der Waals surface area contributed by atoms with Crippen LogP contribution < -0.4 is 4.66 Å². The van der Waals surface area contributed by atoms with E-state index in [1.54, 1.807) is 0 Å². The Bertz CT molecular complexity index is 316. The van der Waals surface area contributed by atoms with Crippen molar-refractivity contribution in [2.75, 3.05) is 0 Å². The summed E-state index contributed by atoms with van der Waals surface area (Å²) < 4.78 is 1.28. The predicted molar refractivity (Wildman–Crippen MR) is 59.5 cm³/mol. The first-order valence-corrected chi connectivity index (χ1v) is 7.20. The summed E-state index contributed by atoms with van der Waals surface area (Å²) >= 11 is -1.04. The van der Waals surface area contributed by atoms with Crippen molar-refractivity contribution < 1.29 is 12.4 Å². The molecular weight excluding hydrogens is 219 g/mol. The Labute approximate surface area is 88.0 Å². The van der Waals surface area contributed by atoms with E-state index >= 15 is 0 Å². The van der Waals surface area contributed by atoms with E-state index in [1.807, 2.05) is 12.3 Å². The second kappa shape index (κ2) is 4.61. The number of aromatic nitrogens is 1. The molecule has 1 atom stereocenters. The molecule has 0 spiro atoms. The Morgan fingerprint density at radius 1 is 1.71 bits per heavy atom. The van der Waals surface area contributed by atoms with Crippen molar-refractivity contribution in [2.45, 2.75) is 23.6 Å². The fraction of sp³-hybridized carbons (Fsp3) is 0.364. The summed E-state index contributed by atoms with van der Waals surface area (Å²) in [6, 6.07) is 4.14. The van der Waals surface area contributed by atoms with Crippen LogP contribution in [0.15, 0.2) is 30.5 Å². The van der Waals surface area contributed by atoms with Gasteiger partial charge in [-0.2, -0.15) is 0 Å². The second-order valence-corrected chi connectivity index (χ2v) is 7.74. The molecule has 1 aromatic heterocycles. The zero-order valence-corrected chi connectivity index (χ0v) is 9.73. The molecule has 0 bridgehead atoms. The summed E-state index contributed by atoms with van der Waals surface area (Å²) in [5, 5.41) is 9.12. The van der Waals surface area contributed by atoms with E-state index < -0.39 is 12.4 Å². The van der Waals surface area contributed by atoms with Crippen LogP contribution in [0.3, 0.4) is 0 Å². The first-order valence-electron chi connectivity index (χ1n) is 4.32. The van der Waals surface area contributed by atoms with Crippen LogP contribution in [0, 0.1) is 5.41 Å². The van der Waals surface area contributed by atoms with Crippen LogP contribution >= 0.6 is 0 Å². The number of rotatable bonds is 5. The van der Waals surface area contributed by atoms with Gasteiger partial charge in [0.2, 0.25) is 0 Å². The van der Waals surface area contributed by atoms with Crippen LogP contribution in [-0.4, -0.2) is 11.2 Å². The van der Waals surface area contributed by atoms with Gasteiger partial charge in [-0.3, -0.25) is 0 Å². The SMILES string of the molecule is C=C(C)[CH2][Ni]([CH3])([CH2]C=N)[c]1ccc[nH]1. The van der Waals surface area contributed by atoms with Crippen molar-refractivity contribution in [1.29, 1.82) is 5.41 Å². The number of H-pyrrole nitrogens is 1. The van der Waals surface area contributed by atoms with Crippen molar-refractivity contribution in [3.63, 3.8) is 0 Å². The average molecular weight is 237 g/mol. The molecule has 1 unspecified atom stereocenters. The number of hydrogen-bond donors (Lipinski definition) is 2. The van der Waals surface area contributed by atoms with Gasteiger partial charge in [-0.15, -0.1) is 0 Å². The van der Waals surface area contributed by atoms with E-state index in [9.17, 15) is 0 Å². The zero-order chi connectivity index (χ0) is 10.6. The Kier molecular flexibility index (Phi) is 3.71. The quantitative estimate of drug-likeness (QED) is 0.449. The van der Waals surface area contributed by atoms with E-state index in [2.05, 4.69) is 30.4 Å². The van der Waals surface area contributed by atoms with Crippen molar-refractivity contribution in [3.05, 3.63) is 30.5 Å². The van der Waals surface area contributed by atoms with Gasteiger partial charge >= 0.3 is 87.7 Å². The first-order chi connectivity index (χ1) is 6.58. The zero-order valence-electron chi connectivity index (χ0n) is 8.75. The molecule has 0 fully saturated rings. The molecule has 82 valence electrons. The van der Waals surface area contributed by atoms with Gasteiger partial charge in [-0.25, -0.2) is 0 Å². The standard InChI is InChI=1S/C4H4N.C4H7.C2H4N.CH3.Ni/c1-2-4-5-3-1;1-4(2)3;1-2-3;;/h1-3,5H;1-2H2,3H3;2-3H,1H2;1H3;. The van der Waals surface area contributed by atoms with Gasteiger partial charge in [-0.1, -0.05) is 0 Å². The predicted octanol–water partition coefficient (Wildman–Crippen LogP) is 2.90. The molecule has 0 radical (unpaired) electrons. The van der Waals surface area contributed by atoms with E-state index in [0.29, 0.717) is 0 Å². The first kappa shape index (κ1) is 11.3.